The smallest absolute Gasteiger partial charge is 0.247 e. The average Bonchev–Trinajstić information content (AvgIpc) is 3.55. The van der Waals surface area contributed by atoms with Crippen molar-refractivity contribution in [3.63, 3.8) is 0 Å². The topological polar surface area (TPSA) is 92.3 Å². The fourth-order valence-electron chi connectivity index (χ4n) is 4.40. The van der Waals surface area contributed by atoms with Crippen LogP contribution >= 0.6 is 22.9 Å². The zero-order valence-electron chi connectivity index (χ0n) is 21.3. The molecule has 1 fully saturated rings. The summed E-state index contributed by atoms with van der Waals surface area (Å²) in [6.45, 7) is 1.43. The number of amides is 1. The largest absolute Gasteiger partial charge is 0.497 e. The van der Waals surface area contributed by atoms with Gasteiger partial charge in [0.1, 0.15) is 23.1 Å². The maximum Gasteiger partial charge on any atom is 0.247 e. The second-order valence-corrected chi connectivity index (χ2v) is 12.3. The Kier molecular flexibility index (Phi) is 8.59. The number of hydrogen-bond donors (Lipinski definition) is 0. The molecule has 1 aliphatic heterocycles. The molecule has 3 aromatic rings. The van der Waals surface area contributed by atoms with E-state index in [-0.39, 0.29) is 17.3 Å². The predicted octanol–water partition coefficient (Wildman–Crippen LogP) is 4.10. The molecule has 0 saturated carbocycles. The molecule has 0 aliphatic carbocycles. The first-order valence-corrected chi connectivity index (χ1v) is 14.6. The Balaban J connectivity index is 1.69. The lowest BCUT2D eigenvalue weighted by Gasteiger charge is -2.29. The summed E-state index contributed by atoms with van der Waals surface area (Å²) in [5.74, 6) is 0.833. The molecule has 9 nitrogen and oxygen atoms in total. The molecule has 2 aromatic carbocycles. The van der Waals surface area contributed by atoms with Gasteiger partial charge in [-0.25, -0.2) is 13.4 Å². The number of aromatic nitrogens is 1. The molecule has 1 amide bonds. The lowest BCUT2D eigenvalue weighted by Crippen LogP contribution is -2.48. The summed E-state index contributed by atoms with van der Waals surface area (Å²) in [4.78, 5) is 22.5. The number of rotatable bonds is 10. The summed E-state index contributed by atoms with van der Waals surface area (Å²) < 4.78 is 39.7. The van der Waals surface area contributed by atoms with E-state index in [1.807, 2.05) is 19.0 Å². The van der Waals surface area contributed by atoms with Crippen molar-refractivity contribution in [1.82, 2.24) is 14.2 Å². The van der Waals surface area contributed by atoms with Crippen LogP contribution < -0.4 is 14.4 Å². The summed E-state index contributed by atoms with van der Waals surface area (Å²) in [5, 5.41) is 0.990. The maximum atomic E-state index is 14.0. The molecule has 0 spiro atoms. The van der Waals surface area contributed by atoms with E-state index in [1.54, 1.807) is 36.3 Å². The Morgan fingerprint density at radius 3 is 2.51 bits per heavy atom. The molecule has 1 aliphatic rings. The predicted molar refractivity (Wildman–Crippen MR) is 147 cm³/mol. The molecule has 12 heteroatoms. The second-order valence-electron chi connectivity index (χ2n) is 9.02. The van der Waals surface area contributed by atoms with E-state index >= 15 is 0 Å². The van der Waals surface area contributed by atoms with Crippen LogP contribution in [-0.2, 0) is 14.8 Å². The Morgan fingerprint density at radius 1 is 1.14 bits per heavy atom. The van der Waals surface area contributed by atoms with Gasteiger partial charge in [0.05, 0.1) is 28.8 Å². The summed E-state index contributed by atoms with van der Waals surface area (Å²) in [6, 6.07) is 8.87. The standard InChI is InChI=1S/C25H31ClN4O5S2/c1-28(2)14-6-15-29(25-27-22-21(35-4)13-12-19(26)23(22)36-25)24(31)20-7-5-16-30(20)37(32,33)18-10-8-17(34-3)9-11-18/h8-13,20H,5-7,14-16H2,1-4H3. The highest BCUT2D eigenvalue weighted by molar-refractivity contribution is 7.89. The number of thiazole rings is 1. The summed E-state index contributed by atoms with van der Waals surface area (Å²) in [7, 11) is 3.13. The van der Waals surface area contributed by atoms with Crippen LogP contribution in [0.1, 0.15) is 19.3 Å². The number of anilines is 1. The highest BCUT2D eigenvalue weighted by Crippen LogP contribution is 2.39. The number of nitrogens with zero attached hydrogens (tertiary/aromatic N) is 4. The number of sulfonamides is 1. The van der Waals surface area contributed by atoms with Gasteiger partial charge >= 0.3 is 0 Å². The molecule has 4 rings (SSSR count). The molecular weight excluding hydrogens is 536 g/mol. The normalized spacial score (nSPS) is 16.4. The fourth-order valence-corrected chi connectivity index (χ4v) is 7.34. The van der Waals surface area contributed by atoms with Gasteiger partial charge in [-0.3, -0.25) is 9.69 Å². The minimum Gasteiger partial charge on any atom is -0.497 e. The molecule has 1 aromatic heterocycles. The summed E-state index contributed by atoms with van der Waals surface area (Å²) in [6.07, 6.45) is 1.72. The Bertz CT molecular complexity index is 1360. The number of carbonyl (C=O) groups excluding carboxylic acids is 1. The van der Waals surface area contributed by atoms with Gasteiger partial charge in [-0.05, 0) is 76.3 Å². The first kappa shape index (κ1) is 27.6. The number of methoxy groups -OCH3 is 2. The number of fused-ring (bicyclic) bond motifs is 1. The third kappa shape index (κ3) is 5.70. The molecule has 2 heterocycles. The van der Waals surface area contributed by atoms with Crippen LogP contribution in [0.15, 0.2) is 41.3 Å². The first-order valence-electron chi connectivity index (χ1n) is 11.9. The van der Waals surface area contributed by atoms with E-state index in [4.69, 9.17) is 26.1 Å². The van der Waals surface area contributed by atoms with Crippen molar-refractivity contribution in [2.45, 2.75) is 30.2 Å². The second kappa shape index (κ2) is 11.5. The number of hydrogen-bond acceptors (Lipinski definition) is 8. The van der Waals surface area contributed by atoms with Gasteiger partial charge in [0.15, 0.2) is 5.13 Å². The molecule has 200 valence electrons. The van der Waals surface area contributed by atoms with Crippen molar-refractivity contribution in [1.29, 1.82) is 0 Å². The van der Waals surface area contributed by atoms with E-state index in [1.165, 1.54) is 34.9 Å². The molecule has 0 bridgehead atoms. The van der Waals surface area contributed by atoms with E-state index in [2.05, 4.69) is 0 Å². The zero-order valence-corrected chi connectivity index (χ0v) is 23.7. The van der Waals surface area contributed by atoms with Crippen LogP contribution in [0.3, 0.4) is 0 Å². The average molecular weight is 567 g/mol. The number of ether oxygens (including phenoxy) is 2. The van der Waals surface area contributed by atoms with Gasteiger partial charge < -0.3 is 14.4 Å². The molecule has 0 radical (unpaired) electrons. The van der Waals surface area contributed by atoms with Crippen molar-refractivity contribution < 1.29 is 22.7 Å². The van der Waals surface area contributed by atoms with Crippen LogP contribution in [0.5, 0.6) is 11.5 Å². The maximum absolute atomic E-state index is 14.0. The minimum atomic E-state index is -3.89. The van der Waals surface area contributed by atoms with Gasteiger partial charge in [-0.2, -0.15) is 4.31 Å². The monoisotopic (exact) mass is 566 g/mol. The van der Waals surface area contributed by atoms with Crippen LogP contribution in [-0.4, -0.2) is 82.5 Å². The Labute approximate surface area is 226 Å². The van der Waals surface area contributed by atoms with Crippen molar-refractivity contribution >= 4 is 54.2 Å². The van der Waals surface area contributed by atoms with Gasteiger partial charge in [-0.15, -0.1) is 0 Å². The van der Waals surface area contributed by atoms with Crippen LogP contribution in [0.2, 0.25) is 5.02 Å². The number of carbonyl (C=O) groups is 1. The van der Waals surface area contributed by atoms with Gasteiger partial charge in [0, 0.05) is 13.1 Å². The number of benzene rings is 2. The van der Waals surface area contributed by atoms with E-state index in [0.717, 1.165) is 11.2 Å². The van der Waals surface area contributed by atoms with Crippen molar-refractivity contribution in [2.24, 2.45) is 0 Å². The molecule has 37 heavy (non-hydrogen) atoms. The molecule has 1 atom stereocenters. The first-order chi connectivity index (χ1) is 17.7. The molecule has 1 unspecified atom stereocenters. The van der Waals surface area contributed by atoms with Gasteiger partial charge in [0.2, 0.25) is 15.9 Å². The van der Waals surface area contributed by atoms with Crippen LogP contribution in [0.4, 0.5) is 5.13 Å². The summed E-state index contributed by atoms with van der Waals surface area (Å²) >= 11 is 7.74. The molecule has 1 saturated heterocycles. The SMILES string of the molecule is COc1ccc(S(=O)(=O)N2CCCC2C(=O)N(CCCN(C)C)c2nc3c(OC)ccc(Cl)c3s2)cc1. The molecule has 0 N–H and O–H groups in total. The zero-order chi connectivity index (χ0) is 26.7. The highest BCUT2D eigenvalue weighted by atomic mass is 35.5. The Morgan fingerprint density at radius 2 is 1.86 bits per heavy atom. The number of halogens is 1. The van der Waals surface area contributed by atoms with E-state index in [9.17, 15) is 13.2 Å². The van der Waals surface area contributed by atoms with Crippen molar-refractivity contribution in [2.75, 3.05) is 52.8 Å². The lowest BCUT2D eigenvalue weighted by molar-refractivity contribution is -0.121. The van der Waals surface area contributed by atoms with Crippen molar-refractivity contribution in [3.8, 4) is 11.5 Å². The van der Waals surface area contributed by atoms with Crippen molar-refractivity contribution in [3.05, 3.63) is 41.4 Å². The highest BCUT2D eigenvalue weighted by Gasteiger charge is 2.42. The lowest BCUT2D eigenvalue weighted by atomic mass is 10.2. The third-order valence-electron chi connectivity index (χ3n) is 6.31. The van der Waals surface area contributed by atoms with Crippen LogP contribution in [0, 0.1) is 0 Å². The Hall–Kier alpha value is -2.44. The third-order valence-corrected chi connectivity index (χ3v) is 9.77. The van der Waals surface area contributed by atoms with Gasteiger partial charge in [0.25, 0.3) is 0 Å². The van der Waals surface area contributed by atoms with Gasteiger partial charge in [-0.1, -0.05) is 22.9 Å². The van der Waals surface area contributed by atoms with E-state index < -0.39 is 16.1 Å². The quantitative estimate of drug-likeness (QED) is 0.365. The molecular formula is C25H31ClN4O5S2. The minimum absolute atomic E-state index is 0.128. The summed E-state index contributed by atoms with van der Waals surface area (Å²) in [5.41, 5.74) is 0.578. The van der Waals surface area contributed by atoms with E-state index in [0.29, 0.717) is 53.0 Å². The van der Waals surface area contributed by atoms with Crippen LogP contribution in [0.25, 0.3) is 10.2 Å². The fraction of sp³-hybridized carbons (Fsp3) is 0.440.